The zero-order valence-corrected chi connectivity index (χ0v) is 31.8. The number of hydrogen-bond acceptors (Lipinski definition) is 7. The van der Waals surface area contributed by atoms with Crippen LogP contribution in [0.2, 0.25) is 0 Å². The summed E-state index contributed by atoms with van der Waals surface area (Å²) < 4.78 is 0. The van der Waals surface area contributed by atoms with E-state index >= 15 is 0 Å². The highest BCUT2D eigenvalue weighted by Crippen LogP contribution is 2.65. The Balaban J connectivity index is 1.35. The first-order valence-electron chi connectivity index (χ1n) is 19.1. The lowest BCUT2D eigenvalue weighted by Gasteiger charge is -2.36. The quantitative estimate of drug-likeness (QED) is 0.179. The highest BCUT2D eigenvalue weighted by molar-refractivity contribution is 6.38. The molecule has 2 saturated heterocycles. The van der Waals surface area contributed by atoms with E-state index in [4.69, 9.17) is 0 Å². The number of amides is 7. The fourth-order valence-corrected chi connectivity index (χ4v) is 8.27. The molecular formula is C40H56N6O7. The van der Waals surface area contributed by atoms with Crippen LogP contribution in [-0.4, -0.2) is 95.0 Å². The molecule has 4 N–H and O–H groups in total. The molecule has 0 radical (unpaired) electrons. The minimum atomic E-state index is -1.03. The Morgan fingerprint density at radius 2 is 1.53 bits per heavy atom. The van der Waals surface area contributed by atoms with Crippen molar-refractivity contribution in [1.29, 1.82) is 0 Å². The van der Waals surface area contributed by atoms with Crippen LogP contribution in [0.15, 0.2) is 36.9 Å². The standard InChI is InChI=1S/C40H56N6O7/c1-7-21-41-34(49)32(47)27-19-13-11-9-8-10-12-14-20-28(37(52)45-22-26-30(40(26,5)6)31(45)33(48)42-27)43-38(53)44-29(39(2,3)4)23-46-35(50)24-17-15-16-18-25(24)36(46)51/h7,15-18,26-31H,1,8-14,19-23H2,2-6H3,(H,41,49)(H,42,48)(H2,43,44,53)/t26-,27-,28-,29+,30-,31-/m0/s1. The maximum Gasteiger partial charge on any atom is 0.315 e. The maximum absolute atomic E-state index is 14.5. The van der Waals surface area contributed by atoms with E-state index < -0.39 is 65.0 Å². The van der Waals surface area contributed by atoms with E-state index in [1.165, 1.54) is 6.08 Å². The molecule has 53 heavy (non-hydrogen) atoms. The lowest BCUT2D eigenvalue weighted by molar-refractivity contribution is -0.144. The smallest absolute Gasteiger partial charge is 0.315 e. The van der Waals surface area contributed by atoms with Gasteiger partial charge in [0.15, 0.2) is 0 Å². The van der Waals surface area contributed by atoms with Crippen LogP contribution in [0.25, 0.3) is 0 Å². The molecular weight excluding hydrogens is 676 g/mol. The Labute approximate surface area is 312 Å². The summed E-state index contributed by atoms with van der Waals surface area (Å²) in [5.74, 6) is -3.30. The number of hydrogen-bond donors (Lipinski definition) is 4. The minimum Gasteiger partial charge on any atom is -0.346 e. The zero-order chi connectivity index (χ0) is 38.7. The first kappa shape index (κ1) is 39.7. The monoisotopic (exact) mass is 732 g/mol. The first-order chi connectivity index (χ1) is 25.1. The molecule has 0 unspecified atom stereocenters. The van der Waals surface area contributed by atoms with E-state index in [9.17, 15) is 33.6 Å². The fraction of sp³-hybridized carbons (Fsp3) is 0.625. The number of piperidine rings is 1. The van der Waals surface area contributed by atoms with E-state index in [1.807, 2.05) is 20.8 Å². The van der Waals surface area contributed by atoms with Crippen LogP contribution < -0.4 is 21.3 Å². The van der Waals surface area contributed by atoms with Crippen molar-refractivity contribution >= 4 is 41.4 Å². The van der Waals surface area contributed by atoms with Gasteiger partial charge in [0.05, 0.1) is 29.8 Å². The van der Waals surface area contributed by atoms with Crippen LogP contribution >= 0.6 is 0 Å². The summed E-state index contributed by atoms with van der Waals surface area (Å²) >= 11 is 0. The SMILES string of the molecule is C=CCNC(=O)C(=O)[C@@H]1CCCCCCCCC[C@H](NC(=O)N[C@H](CN2C(=O)c3ccccc3C2=O)C(C)(C)C)C(=O)N2C[C@H]3[C@@H]([C@H]2C(=O)N1)C3(C)C. The van der Waals surface area contributed by atoms with Gasteiger partial charge in [-0.25, -0.2) is 4.79 Å². The molecule has 3 fully saturated rings. The van der Waals surface area contributed by atoms with Crippen molar-refractivity contribution in [2.45, 2.75) is 117 Å². The second-order valence-electron chi connectivity index (χ2n) is 16.7. The molecule has 3 heterocycles. The highest BCUT2D eigenvalue weighted by atomic mass is 16.2. The van der Waals surface area contributed by atoms with Crippen molar-refractivity contribution in [2.75, 3.05) is 19.6 Å². The van der Waals surface area contributed by atoms with E-state index in [2.05, 4.69) is 41.7 Å². The summed E-state index contributed by atoms with van der Waals surface area (Å²) in [6.07, 6.45) is 8.02. The summed E-state index contributed by atoms with van der Waals surface area (Å²) in [4.78, 5) is 97.4. The second kappa shape index (κ2) is 16.2. The lowest BCUT2D eigenvalue weighted by Crippen LogP contribution is -2.60. The normalized spacial score (nSPS) is 26.8. The van der Waals surface area contributed by atoms with Crippen LogP contribution in [0.5, 0.6) is 0 Å². The summed E-state index contributed by atoms with van der Waals surface area (Å²) in [7, 11) is 0. The molecule has 1 aromatic carbocycles. The number of imide groups is 1. The van der Waals surface area contributed by atoms with Crippen LogP contribution in [0.3, 0.4) is 0 Å². The number of rotatable bonds is 8. The van der Waals surface area contributed by atoms with Gasteiger partial charge < -0.3 is 26.2 Å². The lowest BCUT2D eigenvalue weighted by atomic mass is 9.86. The van der Waals surface area contributed by atoms with Gasteiger partial charge in [0.2, 0.25) is 17.6 Å². The first-order valence-corrected chi connectivity index (χ1v) is 19.1. The number of nitrogens with one attached hydrogen (secondary N) is 4. The van der Waals surface area contributed by atoms with Gasteiger partial charge in [-0.2, -0.15) is 0 Å². The largest absolute Gasteiger partial charge is 0.346 e. The van der Waals surface area contributed by atoms with Crippen LogP contribution in [-0.2, 0) is 19.2 Å². The predicted molar refractivity (Wildman–Crippen MR) is 198 cm³/mol. The molecule has 0 spiro atoms. The number of Topliss-reactive ketones (excluding diaryl/α,β-unsaturated/α-hetero) is 1. The van der Waals surface area contributed by atoms with Crippen molar-refractivity contribution in [3.8, 4) is 0 Å². The molecule has 6 atom stereocenters. The minimum absolute atomic E-state index is 0.0554. The fourth-order valence-electron chi connectivity index (χ4n) is 8.27. The molecule has 1 aliphatic carbocycles. The van der Waals surface area contributed by atoms with Gasteiger partial charge in [-0.15, -0.1) is 6.58 Å². The Morgan fingerprint density at radius 3 is 2.11 bits per heavy atom. The zero-order valence-electron chi connectivity index (χ0n) is 31.8. The van der Waals surface area contributed by atoms with Gasteiger partial charge in [0, 0.05) is 13.1 Å². The van der Waals surface area contributed by atoms with Crippen molar-refractivity contribution in [1.82, 2.24) is 31.1 Å². The maximum atomic E-state index is 14.5. The average Bonchev–Trinajstić information content (AvgIpc) is 3.35. The Kier molecular flexibility index (Phi) is 12.1. The molecule has 1 saturated carbocycles. The van der Waals surface area contributed by atoms with Gasteiger partial charge in [0.1, 0.15) is 12.1 Å². The molecule has 13 heteroatoms. The van der Waals surface area contributed by atoms with Crippen LogP contribution in [0.4, 0.5) is 4.79 Å². The topological polar surface area (TPSA) is 174 Å². The molecule has 0 bridgehead atoms. The summed E-state index contributed by atoms with van der Waals surface area (Å²) in [6, 6.07) is 2.52. The van der Waals surface area contributed by atoms with Gasteiger partial charge in [-0.05, 0) is 47.6 Å². The van der Waals surface area contributed by atoms with Crippen molar-refractivity contribution in [2.24, 2.45) is 22.7 Å². The molecule has 5 rings (SSSR count). The third kappa shape index (κ3) is 8.65. The molecule has 3 aliphatic heterocycles. The molecule has 1 aromatic rings. The van der Waals surface area contributed by atoms with E-state index in [0.29, 0.717) is 43.4 Å². The molecule has 13 nitrogen and oxygen atoms in total. The second-order valence-corrected chi connectivity index (χ2v) is 16.7. The molecule has 288 valence electrons. The Hall–Kier alpha value is -4.55. The number of ketones is 1. The van der Waals surface area contributed by atoms with Gasteiger partial charge in [-0.3, -0.25) is 33.7 Å². The Bertz CT molecular complexity index is 1600. The van der Waals surface area contributed by atoms with Gasteiger partial charge in [0.25, 0.3) is 17.7 Å². The van der Waals surface area contributed by atoms with E-state index in [-0.39, 0.29) is 36.2 Å². The number of urea groups is 1. The number of benzene rings is 1. The van der Waals surface area contributed by atoms with E-state index in [0.717, 1.165) is 37.0 Å². The Morgan fingerprint density at radius 1 is 0.943 bits per heavy atom. The van der Waals surface area contributed by atoms with Crippen LogP contribution in [0, 0.1) is 22.7 Å². The number of fused-ring (bicyclic) bond motifs is 4. The third-order valence-corrected chi connectivity index (χ3v) is 11.7. The van der Waals surface area contributed by atoms with Crippen molar-refractivity contribution < 1.29 is 33.6 Å². The van der Waals surface area contributed by atoms with Gasteiger partial charge in [-0.1, -0.05) is 97.8 Å². The summed E-state index contributed by atoms with van der Waals surface area (Å²) in [6.45, 7) is 13.8. The number of carbonyl (C=O) groups is 7. The number of nitrogens with zero attached hydrogens (tertiary/aromatic N) is 2. The molecule has 7 amide bonds. The van der Waals surface area contributed by atoms with Gasteiger partial charge >= 0.3 is 6.03 Å². The summed E-state index contributed by atoms with van der Waals surface area (Å²) in [5, 5.41) is 11.2. The van der Waals surface area contributed by atoms with Crippen LogP contribution in [0.1, 0.15) is 113 Å². The average molecular weight is 733 g/mol. The molecule has 4 aliphatic rings. The highest BCUT2D eigenvalue weighted by Gasteiger charge is 2.69. The number of carbonyl (C=O) groups excluding carboxylic acids is 7. The third-order valence-electron chi connectivity index (χ3n) is 11.7. The van der Waals surface area contributed by atoms with Crippen molar-refractivity contribution in [3.63, 3.8) is 0 Å². The summed E-state index contributed by atoms with van der Waals surface area (Å²) in [5.41, 5.74) is -0.129. The predicted octanol–water partition coefficient (Wildman–Crippen LogP) is 3.73. The van der Waals surface area contributed by atoms with E-state index in [1.54, 1.807) is 29.2 Å². The molecule has 0 aromatic heterocycles. The van der Waals surface area contributed by atoms with Crippen molar-refractivity contribution in [3.05, 3.63) is 48.0 Å².